The fourth-order valence-electron chi connectivity index (χ4n) is 1.86. The minimum atomic E-state index is -0.709. The van der Waals surface area contributed by atoms with Gasteiger partial charge in [-0.3, -0.25) is 4.79 Å². The number of carbonyl (C=O) groups excluding carboxylic acids is 1. The number of benzene rings is 2. The molecule has 0 aliphatic heterocycles. The highest BCUT2D eigenvalue weighted by Gasteiger charge is 2.06. The summed E-state index contributed by atoms with van der Waals surface area (Å²) >= 11 is 0. The maximum Gasteiger partial charge on any atom is 0.224 e. The van der Waals surface area contributed by atoms with Gasteiger partial charge in [0.2, 0.25) is 5.91 Å². The highest BCUT2D eigenvalue weighted by Crippen LogP contribution is 2.13. The average Bonchev–Trinajstić information content (AvgIpc) is 2.37. The van der Waals surface area contributed by atoms with Crippen LogP contribution < -0.4 is 5.32 Å². The van der Waals surface area contributed by atoms with E-state index >= 15 is 0 Å². The fraction of sp³-hybridized carbons (Fsp3) is 0.188. The lowest BCUT2D eigenvalue weighted by molar-refractivity contribution is -0.116. The van der Waals surface area contributed by atoms with E-state index in [1.165, 1.54) is 0 Å². The Kier molecular flexibility index (Phi) is 4.45. The number of amides is 1. The van der Waals surface area contributed by atoms with Crippen LogP contribution in [0, 0.1) is 18.6 Å². The molecule has 0 fully saturated rings. The molecule has 0 unspecified atom stereocenters. The molecule has 0 spiro atoms. The molecule has 20 heavy (non-hydrogen) atoms. The number of rotatable bonds is 4. The van der Waals surface area contributed by atoms with Crippen molar-refractivity contribution in [3.8, 4) is 0 Å². The molecule has 0 aromatic heterocycles. The number of halogens is 2. The zero-order valence-corrected chi connectivity index (χ0v) is 11.1. The van der Waals surface area contributed by atoms with Crippen molar-refractivity contribution in [1.29, 1.82) is 0 Å². The summed E-state index contributed by atoms with van der Waals surface area (Å²) in [6.45, 7) is 2.00. The number of hydrogen-bond acceptors (Lipinski definition) is 1. The molecule has 2 nitrogen and oxygen atoms in total. The van der Waals surface area contributed by atoms with Crippen molar-refractivity contribution in [2.24, 2.45) is 0 Å². The Balaban J connectivity index is 1.90. The van der Waals surface area contributed by atoms with Crippen molar-refractivity contribution in [2.75, 3.05) is 5.32 Å². The van der Waals surface area contributed by atoms with Gasteiger partial charge >= 0.3 is 0 Å². The molecule has 0 aliphatic rings. The van der Waals surface area contributed by atoms with Crippen molar-refractivity contribution in [3.63, 3.8) is 0 Å². The summed E-state index contributed by atoms with van der Waals surface area (Å²) in [7, 11) is 0. The van der Waals surface area contributed by atoms with Crippen LogP contribution in [0.3, 0.4) is 0 Å². The Hall–Kier alpha value is -2.23. The molecule has 2 aromatic rings. The van der Waals surface area contributed by atoms with Crippen molar-refractivity contribution in [3.05, 3.63) is 65.2 Å². The molecule has 0 radical (unpaired) electrons. The molecule has 0 saturated heterocycles. The van der Waals surface area contributed by atoms with E-state index in [0.717, 1.165) is 29.3 Å². The summed E-state index contributed by atoms with van der Waals surface area (Å²) in [5.74, 6) is -1.69. The number of nitrogens with one attached hydrogen (secondary N) is 1. The van der Waals surface area contributed by atoms with Gasteiger partial charge in [-0.2, -0.15) is 0 Å². The molecule has 0 aliphatic carbocycles. The topological polar surface area (TPSA) is 29.1 Å². The summed E-state index contributed by atoms with van der Waals surface area (Å²) in [6, 6.07) is 10.8. The van der Waals surface area contributed by atoms with Gasteiger partial charge < -0.3 is 5.32 Å². The maximum absolute atomic E-state index is 13.0. The van der Waals surface area contributed by atoms with Crippen LogP contribution in [0.1, 0.15) is 17.5 Å². The van der Waals surface area contributed by atoms with E-state index < -0.39 is 11.6 Å². The molecule has 2 rings (SSSR count). The smallest absolute Gasteiger partial charge is 0.224 e. The summed E-state index contributed by atoms with van der Waals surface area (Å²) < 4.78 is 26.0. The molecule has 4 heteroatoms. The number of carbonyl (C=O) groups is 1. The molecule has 2 aromatic carbocycles. The van der Waals surface area contributed by atoms with Gasteiger partial charge in [0.25, 0.3) is 0 Å². The Morgan fingerprint density at radius 3 is 2.25 bits per heavy atom. The van der Waals surface area contributed by atoms with Gasteiger partial charge in [-0.15, -0.1) is 0 Å². The second-order valence-corrected chi connectivity index (χ2v) is 4.69. The fourth-order valence-corrected chi connectivity index (χ4v) is 1.86. The van der Waals surface area contributed by atoms with Crippen LogP contribution in [0.2, 0.25) is 0 Å². The van der Waals surface area contributed by atoms with Crippen molar-refractivity contribution in [2.45, 2.75) is 19.8 Å². The van der Waals surface area contributed by atoms with Gasteiger partial charge in [0.05, 0.1) is 0 Å². The lowest BCUT2D eigenvalue weighted by Gasteiger charge is -2.06. The first-order valence-electron chi connectivity index (χ1n) is 6.34. The van der Waals surface area contributed by atoms with E-state index in [2.05, 4.69) is 5.32 Å². The molecule has 1 amide bonds. The first kappa shape index (κ1) is 14.2. The van der Waals surface area contributed by atoms with Crippen molar-refractivity contribution in [1.82, 2.24) is 0 Å². The largest absolute Gasteiger partial charge is 0.326 e. The van der Waals surface area contributed by atoms with Crippen LogP contribution in [0.4, 0.5) is 14.5 Å². The van der Waals surface area contributed by atoms with Gasteiger partial charge in [0.1, 0.15) is 11.6 Å². The van der Waals surface area contributed by atoms with E-state index in [1.54, 1.807) is 0 Å². The predicted molar refractivity (Wildman–Crippen MR) is 74.5 cm³/mol. The minimum Gasteiger partial charge on any atom is -0.326 e. The molecule has 104 valence electrons. The van der Waals surface area contributed by atoms with Crippen LogP contribution >= 0.6 is 0 Å². The summed E-state index contributed by atoms with van der Waals surface area (Å²) in [4.78, 5) is 11.7. The first-order valence-corrected chi connectivity index (χ1v) is 6.34. The summed E-state index contributed by atoms with van der Waals surface area (Å²) in [5.41, 5.74) is 2.35. The molecular formula is C16H15F2NO. The summed E-state index contributed by atoms with van der Waals surface area (Å²) in [6.07, 6.45) is 0.852. The first-order chi connectivity index (χ1) is 9.52. The number of aryl methyl sites for hydroxylation is 2. The second kappa shape index (κ2) is 6.28. The van der Waals surface area contributed by atoms with Gasteiger partial charge in [0.15, 0.2) is 0 Å². The zero-order chi connectivity index (χ0) is 14.5. The second-order valence-electron chi connectivity index (χ2n) is 4.69. The van der Waals surface area contributed by atoms with Crippen LogP contribution in [-0.2, 0) is 11.2 Å². The van der Waals surface area contributed by atoms with Crippen molar-refractivity contribution >= 4 is 11.6 Å². The third-order valence-electron chi connectivity index (χ3n) is 2.91. The van der Waals surface area contributed by atoms with E-state index in [1.807, 2.05) is 31.2 Å². The SMILES string of the molecule is Cc1ccc(CCC(=O)Nc2cc(F)cc(F)c2)cc1. The third-order valence-corrected chi connectivity index (χ3v) is 2.91. The Labute approximate surface area is 116 Å². The minimum absolute atomic E-state index is 0.136. The molecule has 0 bridgehead atoms. The standard InChI is InChI=1S/C16H15F2NO/c1-11-2-4-12(5-3-11)6-7-16(20)19-15-9-13(17)8-14(18)10-15/h2-5,8-10H,6-7H2,1H3,(H,19,20). The van der Waals surface area contributed by atoms with Gasteiger partial charge in [-0.1, -0.05) is 29.8 Å². The Morgan fingerprint density at radius 1 is 1.05 bits per heavy atom. The van der Waals surface area contributed by atoms with Crippen LogP contribution in [0.5, 0.6) is 0 Å². The molecule has 0 heterocycles. The predicted octanol–water partition coefficient (Wildman–Crippen LogP) is 3.84. The molecular weight excluding hydrogens is 260 g/mol. The normalized spacial score (nSPS) is 10.3. The highest BCUT2D eigenvalue weighted by molar-refractivity contribution is 5.90. The monoisotopic (exact) mass is 275 g/mol. The number of hydrogen-bond donors (Lipinski definition) is 1. The zero-order valence-electron chi connectivity index (χ0n) is 11.1. The lowest BCUT2D eigenvalue weighted by atomic mass is 10.1. The Bertz CT molecular complexity index is 588. The van der Waals surface area contributed by atoms with Crippen LogP contribution in [-0.4, -0.2) is 5.91 Å². The van der Waals surface area contributed by atoms with Gasteiger partial charge in [0, 0.05) is 18.2 Å². The highest BCUT2D eigenvalue weighted by atomic mass is 19.1. The molecule has 1 N–H and O–H groups in total. The lowest BCUT2D eigenvalue weighted by Crippen LogP contribution is -2.12. The van der Waals surface area contributed by atoms with E-state index in [-0.39, 0.29) is 18.0 Å². The summed E-state index contributed by atoms with van der Waals surface area (Å²) in [5, 5.41) is 2.49. The average molecular weight is 275 g/mol. The quantitative estimate of drug-likeness (QED) is 0.902. The van der Waals surface area contributed by atoms with E-state index in [0.29, 0.717) is 6.42 Å². The molecule has 0 saturated carbocycles. The third kappa shape index (κ3) is 4.16. The van der Waals surface area contributed by atoms with Gasteiger partial charge in [-0.25, -0.2) is 8.78 Å². The van der Waals surface area contributed by atoms with Crippen LogP contribution in [0.25, 0.3) is 0 Å². The maximum atomic E-state index is 13.0. The van der Waals surface area contributed by atoms with E-state index in [9.17, 15) is 13.6 Å². The molecule has 0 atom stereocenters. The van der Waals surface area contributed by atoms with Crippen LogP contribution in [0.15, 0.2) is 42.5 Å². The Morgan fingerprint density at radius 2 is 1.65 bits per heavy atom. The van der Waals surface area contributed by atoms with E-state index in [4.69, 9.17) is 0 Å². The number of anilines is 1. The van der Waals surface area contributed by atoms with Gasteiger partial charge in [-0.05, 0) is 31.0 Å². The van der Waals surface area contributed by atoms with Crippen molar-refractivity contribution < 1.29 is 13.6 Å².